The van der Waals surface area contributed by atoms with Gasteiger partial charge >= 0.3 is 5.97 Å². The third-order valence-corrected chi connectivity index (χ3v) is 4.14. The molecule has 0 fully saturated rings. The van der Waals surface area contributed by atoms with Gasteiger partial charge in [-0.05, 0) is 26.0 Å². The molecule has 1 aromatic carbocycles. The largest absolute Gasteiger partial charge is 0.508 e. The summed E-state index contributed by atoms with van der Waals surface area (Å²) in [6.07, 6.45) is 1.49. The normalized spacial score (nSPS) is 10.7. The topological polar surface area (TPSA) is 77.2 Å². The molecule has 0 saturated heterocycles. The number of rotatable bonds is 4. The van der Waals surface area contributed by atoms with Gasteiger partial charge in [-0.15, -0.1) is 11.3 Å². The van der Waals surface area contributed by atoms with Crippen LogP contribution in [0.4, 0.5) is 0 Å². The third kappa shape index (κ3) is 2.95. The molecular formula is C16H15N3O3S. The zero-order valence-electron chi connectivity index (χ0n) is 12.7. The Hall–Kier alpha value is -2.67. The predicted octanol–water partition coefficient (Wildman–Crippen LogP) is 3.19. The van der Waals surface area contributed by atoms with Crippen LogP contribution in [0.1, 0.15) is 23.0 Å². The quantitative estimate of drug-likeness (QED) is 0.744. The summed E-state index contributed by atoms with van der Waals surface area (Å²) in [5.74, 6) is -0.196. The zero-order valence-corrected chi connectivity index (χ0v) is 13.5. The van der Waals surface area contributed by atoms with Gasteiger partial charge in [-0.25, -0.2) is 14.5 Å². The first-order chi connectivity index (χ1) is 11.1. The Balaban J connectivity index is 1.93. The van der Waals surface area contributed by atoms with E-state index < -0.39 is 0 Å². The lowest BCUT2D eigenvalue weighted by Gasteiger charge is -2.02. The molecule has 0 amide bonds. The second-order valence-electron chi connectivity index (χ2n) is 4.84. The number of benzene rings is 1. The van der Waals surface area contributed by atoms with Crippen LogP contribution in [-0.2, 0) is 4.74 Å². The van der Waals surface area contributed by atoms with Gasteiger partial charge in [-0.1, -0.05) is 12.1 Å². The van der Waals surface area contributed by atoms with Gasteiger partial charge in [-0.3, -0.25) is 0 Å². The molecule has 6 nitrogen and oxygen atoms in total. The predicted molar refractivity (Wildman–Crippen MR) is 87.0 cm³/mol. The van der Waals surface area contributed by atoms with E-state index in [0.717, 1.165) is 11.3 Å². The van der Waals surface area contributed by atoms with E-state index in [9.17, 15) is 9.90 Å². The van der Waals surface area contributed by atoms with Crippen LogP contribution in [0.25, 0.3) is 16.4 Å². The lowest BCUT2D eigenvalue weighted by molar-refractivity contribution is 0.0525. The number of ether oxygens (including phenoxy) is 1. The average molecular weight is 329 g/mol. The van der Waals surface area contributed by atoms with Crippen molar-refractivity contribution in [2.75, 3.05) is 6.61 Å². The molecule has 0 spiro atoms. The Bertz CT molecular complexity index is 854. The van der Waals surface area contributed by atoms with E-state index in [1.54, 1.807) is 36.7 Å². The lowest BCUT2D eigenvalue weighted by atomic mass is 10.2. The number of aromatic nitrogens is 3. The molecule has 0 atom stereocenters. The highest BCUT2D eigenvalue weighted by molar-refractivity contribution is 7.12. The van der Waals surface area contributed by atoms with E-state index in [1.165, 1.54) is 17.5 Å². The van der Waals surface area contributed by atoms with Gasteiger partial charge in [0.25, 0.3) is 0 Å². The van der Waals surface area contributed by atoms with Crippen LogP contribution >= 0.6 is 11.3 Å². The molecule has 0 unspecified atom stereocenters. The maximum Gasteiger partial charge on any atom is 0.341 e. The molecule has 2 heterocycles. The summed E-state index contributed by atoms with van der Waals surface area (Å²) < 4.78 is 6.62. The Morgan fingerprint density at radius 3 is 3.00 bits per heavy atom. The zero-order chi connectivity index (χ0) is 16.4. The van der Waals surface area contributed by atoms with Crippen LogP contribution < -0.4 is 0 Å². The minimum absolute atomic E-state index is 0.192. The highest BCUT2D eigenvalue weighted by Crippen LogP contribution is 2.27. The minimum Gasteiger partial charge on any atom is -0.508 e. The molecule has 0 aliphatic heterocycles. The summed E-state index contributed by atoms with van der Waals surface area (Å²) in [6.45, 7) is 3.89. The number of carbonyl (C=O) groups excluding carboxylic acids is 1. The summed E-state index contributed by atoms with van der Waals surface area (Å²) in [4.78, 5) is 16.4. The Labute approximate surface area is 137 Å². The number of nitrogens with zero attached hydrogens (tertiary/aromatic N) is 3. The van der Waals surface area contributed by atoms with Crippen LogP contribution in [0.2, 0.25) is 0 Å². The van der Waals surface area contributed by atoms with E-state index in [0.29, 0.717) is 23.0 Å². The molecule has 0 aliphatic carbocycles. The first-order valence-corrected chi connectivity index (χ1v) is 7.95. The van der Waals surface area contributed by atoms with Crippen molar-refractivity contribution in [3.05, 3.63) is 47.1 Å². The molecule has 3 aromatic rings. The molecular weight excluding hydrogens is 314 g/mol. The van der Waals surface area contributed by atoms with E-state index >= 15 is 0 Å². The van der Waals surface area contributed by atoms with Crippen molar-refractivity contribution in [3.63, 3.8) is 0 Å². The number of esters is 1. The second-order valence-corrected chi connectivity index (χ2v) is 5.68. The van der Waals surface area contributed by atoms with Crippen LogP contribution in [0.15, 0.2) is 35.8 Å². The van der Waals surface area contributed by atoms with E-state index in [4.69, 9.17) is 4.74 Å². The third-order valence-electron chi connectivity index (χ3n) is 3.32. The Morgan fingerprint density at radius 1 is 1.43 bits per heavy atom. The van der Waals surface area contributed by atoms with Crippen molar-refractivity contribution >= 4 is 17.3 Å². The van der Waals surface area contributed by atoms with Gasteiger partial charge in [0.1, 0.15) is 11.3 Å². The van der Waals surface area contributed by atoms with Gasteiger partial charge < -0.3 is 9.84 Å². The van der Waals surface area contributed by atoms with Gasteiger partial charge in [0.15, 0.2) is 0 Å². The lowest BCUT2D eigenvalue weighted by Crippen LogP contribution is -2.06. The van der Waals surface area contributed by atoms with Crippen LogP contribution in [-0.4, -0.2) is 32.4 Å². The van der Waals surface area contributed by atoms with Crippen LogP contribution in [0, 0.1) is 6.92 Å². The maximum atomic E-state index is 11.9. The number of phenolic OH excluding ortho intramolecular Hbond substituents is 1. The van der Waals surface area contributed by atoms with Crippen molar-refractivity contribution in [3.8, 4) is 22.1 Å². The highest BCUT2D eigenvalue weighted by Gasteiger charge is 2.18. The van der Waals surface area contributed by atoms with Crippen molar-refractivity contribution < 1.29 is 14.6 Å². The van der Waals surface area contributed by atoms with E-state index in [-0.39, 0.29) is 11.7 Å². The number of hydrogen-bond acceptors (Lipinski definition) is 6. The van der Waals surface area contributed by atoms with Crippen molar-refractivity contribution in [2.45, 2.75) is 13.8 Å². The van der Waals surface area contributed by atoms with Crippen molar-refractivity contribution in [1.82, 2.24) is 14.8 Å². The maximum absolute atomic E-state index is 11.9. The van der Waals surface area contributed by atoms with Crippen LogP contribution in [0.3, 0.4) is 0 Å². The number of carbonyl (C=O) groups is 1. The molecule has 118 valence electrons. The molecule has 0 radical (unpaired) electrons. The van der Waals surface area contributed by atoms with Gasteiger partial charge in [0.2, 0.25) is 5.13 Å². The first kappa shape index (κ1) is 15.2. The van der Waals surface area contributed by atoms with Crippen molar-refractivity contribution in [2.24, 2.45) is 0 Å². The van der Waals surface area contributed by atoms with E-state index in [2.05, 4.69) is 10.1 Å². The molecule has 0 aliphatic rings. The van der Waals surface area contributed by atoms with Gasteiger partial charge in [-0.2, -0.15) is 5.10 Å². The fourth-order valence-electron chi connectivity index (χ4n) is 2.17. The first-order valence-electron chi connectivity index (χ1n) is 7.07. The van der Waals surface area contributed by atoms with E-state index in [1.807, 2.05) is 11.4 Å². The molecule has 0 saturated carbocycles. The molecule has 23 heavy (non-hydrogen) atoms. The molecule has 3 rings (SSSR count). The van der Waals surface area contributed by atoms with Crippen LogP contribution in [0.5, 0.6) is 5.75 Å². The monoisotopic (exact) mass is 329 g/mol. The smallest absolute Gasteiger partial charge is 0.341 e. The Kier molecular flexibility index (Phi) is 4.12. The SMILES string of the molecule is CCOC(=O)c1cnn(-c2nc(-c3cccc(O)c3)cs2)c1C. The summed E-state index contributed by atoms with van der Waals surface area (Å²) in [5, 5.41) is 16.3. The summed E-state index contributed by atoms with van der Waals surface area (Å²) >= 11 is 1.41. The molecule has 1 N–H and O–H groups in total. The number of hydrogen-bond donors (Lipinski definition) is 1. The van der Waals surface area contributed by atoms with Gasteiger partial charge in [0.05, 0.1) is 24.2 Å². The van der Waals surface area contributed by atoms with Crippen molar-refractivity contribution in [1.29, 1.82) is 0 Å². The fraction of sp³-hybridized carbons (Fsp3) is 0.188. The number of thiazole rings is 1. The molecule has 7 heteroatoms. The average Bonchev–Trinajstić information content (AvgIpc) is 3.14. The summed E-state index contributed by atoms with van der Waals surface area (Å²) in [5.41, 5.74) is 2.68. The number of phenols is 1. The standard InChI is InChI=1S/C16H15N3O3S/c1-3-22-15(21)13-8-17-19(10(13)2)16-18-14(9-23-16)11-5-4-6-12(20)7-11/h4-9,20H,3H2,1-2H3. The summed E-state index contributed by atoms with van der Waals surface area (Å²) in [7, 11) is 0. The molecule has 0 bridgehead atoms. The van der Waals surface area contributed by atoms with Gasteiger partial charge in [0, 0.05) is 10.9 Å². The highest BCUT2D eigenvalue weighted by atomic mass is 32.1. The minimum atomic E-state index is -0.388. The number of aromatic hydroxyl groups is 1. The molecule has 2 aromatic heterocycles. The second kappa shape index (κ2) is 6.21. The Morgan fingerprint density at radius 2 is 2.26 bits per heavy atom. The summed E-state index contributed by atoms with van der Waals surface area (Å²) in [6, 6.07) is 6.90. The fourth-order valence-corrected chi connectivity index (χ4v) is 3.01.